The van der Waals surface area contributed by atoms with Crippen LogP contribution in [0.25, 0.3) is 0 Å². The summed E-state index contributed by atoms with van der Waals surface area (Å²) in [5, 5.41) is 13.1. The molecule has 0 bridgehead atoms. The molecule has 9 nitrogen and oxygen atoms in total. The SMILES string of the molecule is CCS(=O)(=O)CCNC(=O)N[C@@H](CC(=O)OC)C(=O)O. The maximum absolute atomic E-state index is 11.4. The molecular formula is C10H18N2O7S. The molecule has 20 heavy (non-hydrogen) atoms. The van der Waals surface area contributed by atoms with Crippen molar-refractivity contribution in [2.45, 2.75) is 19.4 Å². The largest absolute Gasteiger partial charge is 0.480 e. The van der Waals surface area contributed by atoms with Crippen molar-refractivity contribution in [1.29, 1.82) is 0 Å². The highest BCUT2D eigenvalue weighted by Gasteiger charge is 2.23. The average molecular weight is 310 g/mol. The van der Waals surface area contributed by atoms with Crippen molar-refractivity contribution >= 4 is 27.8 Å². The van der Waals surface area contributed by atoms with Gasteiger partial charge in [-0.15, -0.1) is 0 Å². The third-order valence-electron chi connectivity index (χ3n) is 2.34. The minimum atomic E-state index is -3.22. The highest BCUT2D eigenvalue weighted by atomic mass is 32.2. The van der Waals surface area contributed by atoms with Crippen LogP contribution in [0.2, 0.25) is 0 Å². The molecule has 3 N–H and O–H groups in total. The molecule has 0 aromatic carbocycles. The van der Waals surface area contributed by atoms with E-state index in [1.165, 1.54) is 6.92 Å². The molecule has 0 saturated heterocycles. The number of carbonyl (C=O) groups excluding carboxylic acids is 2. The van der Waals surface area contributed by atoms with Gasteiger partial charge in [0.1, 0.15) is 6.04 Å². The summed E-state index contributed by atoms with van der Waals surface area (Å²) in [5.74, 6) is -2.47. The number of aliphatic carboxylic acids is 1. The summed E-state index contributed by atoms with van der Waals surface area (Å²) in [4.78, 5) is 33.1. The van der Waals surface area contributed by atoms with Gasteiger partial charge in [-0.1, -0.05) is 6.92 Å². The van der Waals surface area contributed by atoms with E-state index in [4.69, 9.17) is 5.11 Å². The molecule has 0 saturated carbocycles. The lowest BCUT2D eigenvalue weighted by Gasteiger charge is -2.14. The van der Waals surface area contributed by atoms with E-state index in [1.807, 2.05) is 5.32 Å². The van der Waals surface area contributed by atoms with Gasteiger partial charge in [-0.05, 0) is 0 Å². The highest BCUT2D eigenvalue weighted by Crippen LogP contribution is 1.95. The Hall–Kier alpha value is -1.84. The molecule has 10 heteroatoms. The van der Waals surface area contributed by atoms with Gasteiger partial charge in [0.15, 0.2) is 9.84 Å². The summed E-state index contributed by atoms with van der Waals surface area (Å²) in [6, 6.07) is -2.31. The van der Waals surface area contributed by atoms with E-state index in [0.717, 1.165) is 7.11 Å². The number of nitrogens with one attached hydrogen (secondary N) is 2. The summed E-state index contributed by atoms with van der Waals surface area (Å²) in [5.41, 5.74) is 0. The fourth-order valence-corrected chi connectivity index (χ4v) is 1.83. The number of sulfone groups is 1. The van der Waals surface area contributed by atoms with E-state index in [-0.39, 0.29) is 18.1 Å². The Balaban J connectivity index is 4.27. The van der Waals surface area contributed by atoms with Crippen LogP contribution >= 0.6 is 0 Å². The van der Waals surface area contributed by atoms with Gasteiger partial charge in [0.05, 0.1) is 19.3 Å². The Kier molecular flexibility index (Phi) is 7.59. The molecule has 0 aliphatic rings. The molecule has 0 aliphatic heterocycles. The van der Waals surface area contributed by atoms with Gasteiger partial charge in [-0.3, -0.25) is 4.79 Å². The topological polar surface area (TPSA) is 139 Å². The predicted octanol–water partition coefficient (Wildman–Crippen LogP) is -1.26. The molecule has 0 spiro atoms. The first-order valence-electron chi connectivity index (χ1n) is 5.76. The number of urea groups is 1. The molecular weight excluding hydrogens is 292 g/mol. The molecule has 0 aliphatic carbocycles. The summed E-state index contributed by atoms with van der Waals surface area (Å²) < 4.78 is 26.6. The molecule has 0 fully saturated rings. The number of amides is 2. The van der Waals surface area contributed by atoms with Gasteiger partial charge >= 0.3 is 18.0 Å². The third kappa shape index (κ3) is 7.56. The highest BCUT2D eigenvalue weighted by molar-refractivity contribution is 7.91. The molecule has 2 amide bonds. The van der Waals surface area contributed by atoms with Crippen LogP contribution < -0.4 is 10.6 Å². The van der Waals surface area contributed by atoms with Crippen LogP contribution in [0.3, 0.4) is 0 Å². The Bertz CT molecular complexity index is 460. The van der Waals surface area contributed by atoms with Crippen LogP contribution in [-0.4, -0.2) is 62.7 Å². The number of carboxylic acid groups (broad SMARTS) is 1. The average Bonchev–Trinajstić information content (AvgIpc) is 2.37. The van der Waals surface area contributed by atoms with Crippen molar-refractivity contribution in [2.75, 3.05) is 25.2 Å². The zero-order valence-corrected chi connectivity index (χ0v) is 12.0. The second-order valence-electron chi connectivity index (χ2n) is 3.81. The van der Waals surface area contributed by atoms with Crippen LogP contribution in [0.5, 0.6) is 0 Å². The molecule has 1 atom stereocenters. The monoisotopic (exact) mass is 310 g/mol. The number of rotatable bonds is 8. The zero-order chi connectivity index (χ0) is 15.8. The first-order valence-corrected chi connectivity index (χ1v) is 7.58. The minimum Gasteiger partial charge on any atom is -0.480 e. The summed E-state index contributed by atoms with van der Waals surface area (Å²) >= 11 is 0. The number of carbonyl (C=O) groups is 3. The summed E-state index contributed by atoms with van der Waals surface area (Å²) in [7, 11) is -2.12. The molecule has 0 heterocycles. The first-order chi connectivity index (χ1) is 9.21. The molecule has 0 unspecified atom stereocenters. The number of hydrogen-bond acceptors (Lipinski definition) is 6. The standard InChI is InChI=1S/C10H18N2O7S/c1-3-20(17,18)5-4-11-10(16)12-7(9(14)15)6-8(13)19-2/h7H,3-6H2,1-2H3,(H,14,15)(H2,11,12,16)/t7-/m0/s1. The van der Waals surface area contributed by atoms with Crippen molar-refractivity contribution in [3.8, 4) is 0 Å². The Labute approximate surface area is 116 Å². The van der Waals surface area contributed by atoms with E-state index in [1.54, 1.807) is 0 Å². The zero-order valence-electron chi connectivity index (χ0n) is 11.2. The van der Waals surface area contributed by atoms with Gasteiger partial charge in [0, 0.05) is 12.3 Å². The van der Waals surface area contributed by atoms with Gasteiger partial charge in [-0.2, -0.15) is 0 Å². The van der Waals surface area contributed by atoms with E-state index in [2.05, 4.69) is 10.1 Å². The van der Waals surface area contributed by atoms with E-state index < -0.39 is 40.3 Å². The summed E-state index contributed by atoms with van der Waals surface area (Å²) in [6.07, 6.45) is -0.521. The number of esters is 1. The first kappa shape index (κ1) is 18.2. The van der Waals surface area contributed by atoms with Gasteiger partial charge in [0.25, 0.3) is 0 Å². The Morgan fingerprint density at radius 3 is 2.35 bits per heavy atom. The lowest BCUT2D eigenvalue weighted by molar-refractivity contribution is -0.147. The fourth-order valence-electron chi connectivity index (χ4n) is 1.12. The number of ether oxygens (including phenoxy) is 1. The normalized spacial score (nSPS) is 12.3. The van der Waals surface area contributed by atoms with Crippen LogP contribution in [-0.2, 0) is 24.2 Å². The molecule has 0 aromatic heterocycles. The maximum atomic E-state index is 11.4. The van der Waals surface area contributed by atoms with Crippen molar-refractivity contribution < 1.29 is 32.6 Å². The quantitative estimate of drug-likeness (QED) is 0.475. The number of hydrogen-bond donors (Lipinski definition) is 3. The van der Waals surface area contributed by atoms with E-state index in [0.29, 0.717) is 0 Å². The van der Waals surface area contributed by atoms with Crippen molar-refractivity contribution in [3.63, 3.8) is 0 Å². The minimum absolute atomic E-state index is 0.0452. The lowest BCUT2D eigenvalue weighted by atomic mass is 10.2. The van der Waals surface area contributed by atoms with Crippen LogP contribution in [0.15, 0.2) is 0 Å². The lowest BCUT2D eigenvalue weighted by Crippen LogP contribution is -2.47. The second-order valence-corrected chi connectivity index (χ2v) is 6.28. The predicted molar refractivity (Wildman–Crippen MR) is 68.9 cm³/mol. The van der Waals surface area contributed by atoms with Crippen LogP contribution in [0.4, 0.5) is 4.79 Å². The smallest absolute Gasteiger partial charge is 0.326 e. The van der Waals surface area contributed by atoms with Crippen molar-refractivity contribution in [1.82, 2.24) is 10.6 Å². The van der Waals surface area contributed by atoms with E-state index >= 15 is 0 Å². The number of methoxy groups -OCH3 is 1. The molecule has 116 valence electrons. The maximum Gasteiger partial charge on any atom is 0.326 e. The second kappa shape index (κ2) is 8.35. The van der Waals surface area contributed by atoms with Crippen molar-refractivity contribution in [3.05, 3.63) is 0 Å². The van der Waals surface area contributed by atoms with Crippen molar-refractivity contribution in [2.24, 2.45) is 0 Å². The van der Waals surface area contributed by atoms with Gasteiger partial charge < -0.3 is 20.5 Å². The van der Waals surface area contributed by atoms with Crippen LogP contribution in [0, 0.1) is 0 Å². The Morgan fingerprint density at radius 1 is 1.30 bits per heavy atom. The molecule has 0 aromatic rings. The molecule has 0 radical (unpaired) electrons. The van der Waals surface area contributed by atoms with Crippen LogP contribution in [0.1, 0.15) is 13.3 Å². The Morgan fingerprint density at radius 2 is 1.90 bits per heavy atom. The summed E-state index contributed by atoms with van der Waals surface area (Å²) in [6.45, 7) is 1.33. The van der Waals surface area contributed by atoms with Gasteiger partial charge in [0.2, 0.25) is 0 Å². The fraction of sp³-hybridized carbons (Fsp3) is 0.700. The van der Waals surface area contributed by atoms with E-state index in [9.17, 15) is 22.8 Å². The number of carboxylic acids is 1. The third-order valence-corrected chi connectivity index (χ3v) is 4.05. The molecule has 0 rings (SSSR count). The van der Waals surface area contributed by atoms with Gasteiger partial charge in [-0.25, -0.2) is 18.0 Å².